The molecule has 1 aliphatic rings. The summed E-state index contributed by atoms with van der Waals surface area (Å²) in [5, 5.41) is 4.19. The van der Waals surface area contributed by atoms with Crippen molar-refractivity contribution in [2.75, 3.05) is 26.7 Å². The Balaban J connectivity index is 1.57. The molecule has 1 atom stereocenters. The zero-order chi connectivity index (χ0) is 22.7. The number of hydrogen-bond acceptors (Lipinski definition) is 4. The van der Waals surface area contributed by atoms with E-state index in [2.05, 4.69) is 35.3 Å². The van der Waals surface area contributed by atoms with Crippen LogP contribution in [0.3, 0.4) is 0 Å². The largest absolute Gasteiger partial charge is 0.497 e. The third kappa shape index (κ3) is 4.53. The van der Waals surface area contributed by atoms with E-state index in [4.69, 9.17) is 9.15 Å². The minimum Gasteiger partial charge on any atom is -0.497 e. The summed E-state index contributed by atoms with van der Waals surface area (Å²) in [6, 6.07) is 12.5. The molecule has 1 amide bonds. The zero-order valence-corrected chi connectivity index (χ0v) is 19.7. The second kappa shape index (κ2) is 9.78. The van der Waals surface area contributed by atoms with Gasteiger partial charge in [-0.25, -0.2) is 0 Å². The lowest BCUT2D eigenvalue weighted by Crippen LogP contribution is -2.38. The van der Waals surface area contributed by atoms with Gasteiger partial charge in [0.15, 0.2) is 5.76 Å². The Bertz CT molecular complexity index is 1080. The molecule has 1 saturated heterocycles. The van der Waals surface area contributed by atoms with E-state index < -0.39 is 0 Å². The maximum absolute atomic E-state index is 13.2. The van der Waals surface area contributed by atoms with Gasteiger partial charge in [-0.1, -0.05) is 37.1 Å². The van der Waals surface area contributed by atoms with E-state index >= 15 is 0 Å². The van der Waals surface area contributed by atoms with Gasteiger partial charge in [-0.05, 0) is 75.5 Å². The lowest BCUT2D eigenvalue weighted by molar-refractivity contribution is 0.0907. The Hall–Kier alpha value is -2.79. The highest BCUT2D eigenvalue weighted by molar-refractivity contribution is 5.99. The van der Waals surface area contributed by atoms with Crippen LogP contribution < -0.4 is 10.1 Å². The second-order valence-corrected chi connectivity index (χ2v) is 8.89. The van der Waals surface area contributed by atoms with E-state index in [9.17, 15) is 4.79 Å². The highest BCUT2D eigenvalue weighted by Crippen LogP contribution is 2.30. The Morgan fingerprint density at radius 1 is 1.00 bits per heavy atom. The Labute approximate surface area is 190 Å². The molecular weight excluding hydrogens is 400 g/mol. The second-order valence-electron chi connectivity index (χ2n) is 8.89. The van der Waals surface area contributed by atoms with Gasteiger partial charge < -0.3 is 14.5 Å². The molecule has 0 aliphatic carbocycles. The lowest BCUT2D eigenvalue weighted by Gasteiger charge is -2.31. The molecule has 32 heavy (non-hydrogen) atoms. The summed E-state index contributed by atoms with van der Waals surface area (Å²) in [6.07, 6.45) is 4.94. The van der Waals surface area contributed by atoms with E-state index in [-0.39, 0.29) is 11.9 Å². The van der Waals surface area contributed by atoms with Gasteiger partial charge in [0.2, 0.25) is 0 Å². The van der Waals surface area contributed by atoms with Crippen molar-refractivity contribution >= 4 is 16.9 Å². The van der Waals surface area contributed by atoms with Crippen LogP contribution in [0.1, 0.15) is 64.5 Å². The van der Waals surface area contributed by atoms with Crippen LogP contribution in [0.15, 0.2) is 40.8 Å². The van der Waals surface area contributed by atoms with Crippen LogP contribution in [0.25, 0.3) is 11.0 Å². The maximum atomic E-state index is 13.2. The van der Waals surface area contributed by atoms with E-state index in [1.807, 2.05) is 32.0 Å². The normalized spacial score (nSPS) is 16.0. The molecule has 3 aromatic rings. The summed E-state index contributed by atoms with van der Waals surface area (Å²) in [7, 11) is 1.68. The quantitative estimate of drug-likeness (QED) is 0.540. The van der Waals surface area contributed by atoms with Gasteiger partial charge in [-0.3, -0.25) is 9.69 Å². The molecule has 1 unspecified atom stereocenters. The van der Waals surface area contributed by atoms with Gasteiger partial charge in [-0.15, -0.1) is 0 Å². The van der Waals surface area contributed by atoms with E-state index in [0.29, 0.717) is 12.3 Å². The van der Waals surface area contributed by atoms with Crippen molar-refractivity contribution < 1.29 is 13.9 Å². The number of aryl methyl sites for hydroxylation is 3. The molecule has 2 aromatic carbocycles. The molecule has 1 aromatic heterocycles. The minimum absolute atomic E-state index is 0.122. The number of likely N-dealkylation sites (tertiary alicyclic amines) is 1. The van der Waals surface area contributed by atoms with Crippen LogP contribution in [0, 0.1) is 20.8 Å². The predicted molar refractivity (Wildman–Crippen MR) is 129 cm³/mol. The van der Waals surface area contributed by atoms with Crippen LogP contribution >= 0.6 is 0 Å². The molecule has 4 rings (SSSR count). The van der Waals surface area contributed by atoms with Gasteiger partial charge in [0.05, 0.1) is 13.2 Å². The number of methoxy groups -OCH3 is 1. The van der Waals surface area contributed by atoms with E-state index in [1.54, 1.807) is 7.11 Å². The molecule has 5 heteroatoms. The summed E-state index contributed by atoms with van der Waals surface area (Å²) in [4.78, 5) is 15.7. The van der Waals surface area contributed by atoms with Crippen molar-refractivity contribution in [2.24, 2.45) is 0 Å². The van der Waals surface area contributed by atoms with Crippen LogP contribution in [0.5, 0.6) is 5.75 Å². The van der Waals surface area contributed by atoms with Crippen molar-refractivity contribution in [1.29, 1.82) is 0 Å². The highest BCUT2D eigenvalue weighted by Gasteiger charge is 2.24. The van der Waals surface area contributed by atoms with Crippen molar-refractivity contribution in [2.45, 2.75) is 52.5 Å². The number of carbonyl (C=O) groups excluding carboxylic acids is 1. The molecule has 0 saturated carbocycles. The average Bonchev–Trinajstić information content (AvgIpc) is 2.97. The minimum atomic E-state index is -0.149. The molecule has 1 fully saturated rings. The number of carbonyl (C=O) groups is 1. The lowest BCUT2D eigenvalue weighted by atomic mass is 10.0. The van der Waals surface area contributed by atoms with Crippen molar-refractivity contribution in [3.63, 3.8) is 0 Å². The number of hydrogen-bond donors (Lipinski definition) is 1. The number of rotatable bonds is 6. The average molecular weight is 435 g/mol. The number of nitrogens with zero attached hydrogens (tertiary/aromatic N) is 1. The maximum Gasteiger partial charge on any atom is 0.287 e. The molecule has 0 bridgehead atoms. The van der Waals surface area contributed by atoms with Crippen LogP contribution in [0.2, 0.25) is 0 Å². The van der Waals surface area contributed by atoms with E-state index in [1.165, 1.54) is 36.8 Å². The molecule has 0 spiro atoms. The summed E-state index contributed by atoms with van der Waals surface area (Å²) < 4.78 is 11.4. The fraction of sp³-hybridized carbons (Fsp3) is 0.444. The zero-order valence-electron chi connectivity index (χ0n) is 19.7. The summed E-state index contributed by atoms with van der Waals surface area (Å²) >= 11 is 0. The first-order chi connectivity index (χ1) is 15.5. The third-order valence-corrected chi connectivity index (χ3v) is 6.87. The molecular formula is C27H34N2O3. The van der Waals surface area contributed by atoms with Gasteiger partial charge >= 0.3 is 0 Å². The predicted octanol–water partition coefficient (Wildman–Crippen LogP) is 5.71. The fourth-order valence-electron chi connectivity index (χ4n) is 4.69. The number of nitrogens with one attached hydrogen (secondary N) is 1. The number of benzene rings is 2. The van der Waals surface area contributed by atoms with Gasteiger partial charge in [-0.2, -0.15) is 0 Å². The number of ether oxygens (including phenoxy) is 1. The molecule has 1 aliphatic heterocycles. The summed E-state index contributed by atoms with van der Waals surface area (Å²) in [5.41, 5.74) is 5.16. The molecule has 170 valence electrons. The fourth-order valence-corrected chi connectivity index (χ4v) is 4.69. The smallest absolute Gasteiger partial charge is 0.287 e. The number of fused-ring (bicyclic) bond motifs is 1. The summed E-state index contributed by atoms with van der Waals surface area (Å²) in [5.74, 6) is 1.11. The molecule has 1 N–H and O–H groups in total. The van der Waals surface area contributed by atoms with Gasteiger partial charge in [0.25, 0.3) is 5.91 Å². The molecule has 5 nitrogen and oxygen atoms in total. The van der Waals surface area contributed by atoms with Crippen molar-refractivity contribution in [3.8, 4) is 5.75 Å². The third-order valence-electron chi connectivity index (χ3n) is 6.87. The van der Waals surface area contributed by atoms with Crippen LogP contribution in [0.4, 0.5) is 0 Å². The van der Waals surface area contributed by atoms with Crippen LogP contribution in [-0.2, 0) is 0 Å². The summed E-state index contributed by atoms with van der Waals surface area (Å²) in [6.45, 7) is 8.71. The van der Waals surface area contributed by atoms with Gasteiger partial charge in [0, 0.05) is 17.5 Å². The van der Waals surface area contributed by atoms with Crippen LogP contribution in [-0.4, -0.2) is 37.6 Å². The first-order valence-corrected chi connectivity index (χ1v) is 11.6. The van der Waals surface area contributed by atoms with E-state index in [0.717, 1.165) is 40.9 Å². The van der Waals surface area contributed by atoms with Crippen molar-refractivity contribution in [3.05, 3.63) is 64.4 Å². The topological polar surface area (TPSA) is 54.7 Å². The number of furan rings is 1. The van der Waals surface area contributed by atoms with Gasteiger partial charge in [0.1, 0.15) is 11.3 Å². The Morgan fingerprint density at radius 3 is 2.34 bits per heavy atom. The SMILES string of the molecule is COc1ccc(C(CNC(=O)c2oc3c(C)c(C)ccc3c2C)N2CCCCCC2)cc1. The highest BCUT2D eigenvalue weighted by atomic mass is 16.5. The van der Waals surface area contributed by atoms with Crippen molar-refractivity contribution in [1.82, 2.24) is 10.2 Å². The monoisotopic (exact) mass is 434 g/mol. The first-order valence-electron chi connectivity index (χ1n) is 11.6. The molecule has 2 heterocycles. The first kappa shape index (κ1) is 22.4. The Morgan fingerprint density at radius 2 is 1.69 bits per heavy atom. The standard InChI is InChI=1S/C27H34N2O3/c1-18-9-14-23-20(3)26(32-25(23)19(18)2)27(30)28-17-24(29-15-7-5-6-8-16-29)21-10-12-22(31-4)13-11-21/h9-14,24H,5-8,15-17H2,1-4H3,(H,28,30). The molecule has 0 radical (unpaired) electrons. The Kier molecular flexibility index (Phi) is 6.85. The number of amides is 1.